The molecule has 0 aliphatic rings. The highest BCUT2D eigenvalue weighted by molar-refractivity contribution is 7.98. The summed E-state index contributed by atoms with van der Waals surface area (Å²) in [5.74, 6) is 1.82. The lowest BCUT2D eigenvalue weighted by Gasteiger charge is -2.10. The van der Waals surface area contributed by atoms with Crippen molar-refractivity contribution in [2.45, 2.75) is 17.6 Å². The maximum absolute atomic E-state index is 5.91. The topological polar surface area (TPSA) is 35.2 Å². The van der Waals surface area contributed by atoms with Crippen molar-refractivity contribution in [2.75, 3.05) is 12.8 Å². The van der Waals surface area contributed by atoms with Crippen LogP contribution in [0.2, 0.25) is 0 Å². The van der Waals surface area contributed by atoms with Crippen LogP contribution in [0.5, 0.6) is 5.75 Å². The molecule has 0 fully saturated rings. The zero-order valence-electron chi connectivity index (χ0n) is 10.6. The summed E-state index contributed by atoms with van der Waals surface area (Å²) < 4.78 is 5.34. The van der Waals surface area contributed by atoms with E-state index in [2.05, 4.69) is 19.1 Å². The average Bonchev–Trinajstić information content (AvgIpc) is 2.41. The average molecular weight is 259 g/mol. The Kier molecular flexibility index (Phi) is 4.15. The minimum absolute atomic E-state index is 0.855. The molecule has 0 atom stereocenters. The molecule has 2 N–H and O–H groups in total. The van der Waals surface area contributed by atoms with E-state index in [1.54, 1.807) is 18.9 Å². The van der Waals surface area contributed by atoms with Crippen molar-refractivity contribution in [3.8, 4) is 5.75 Å². The minimum Gasteiger partial charge on any atom is -0.496 e. The van der Waals surface area contributed by atoms with Gasteiger partial charge in [0.15, 0.2) is 0 Å². The third-order valence-electron chi connectivity index (χ3n) is 2.94. The summed E-state index contributed by atoms with van der Waals surface area (Å²) in [4.78, 5) is 1.15. The highest BCUT2D eigenvalue weighted by Crippen LogP contribution is 2.32. The van der Waals surface area contributed by atoms with Gasteiger partial charge in [-0.05, 0) is 36.2 Å². The lowest BCUT2D eigenvalue weighted by atomic mass is 10.1. The van der Waals surface area contributed by atoms with Crippen molar-refractivity contribution in [2.24, 2.45) is 0 Å². The molecule has 0 bridgehead atoms. The Morgan fingerprint density at radius 2 is 1.89 bits per heavy atom. The van der Waals surface area contributed by atoms with Gasteiger partial charge in [0.2, 0.25) is 0 Å². The fourth-order valence-electron chi connectivity index (χ4n) is 1.75. The van der Waals surface area contributed by atoms with Crippen LogP contribution in [0.1, 0.15) is 11.1 Å². The third kappa shape index (κ3) is 2.79. The summed E-state index contributed by atoms with van der Waals surface area (Å²) in [6.45, 7) is 2.06. The minimum atomic E-state index is 0.855. The molecule has 0 heterocycles. The van der Waals surface area contributed by atoms with Crippen LogP contribution in [-0.4, -0.2) is 7.11 Å². The molecule has 2 aromatic carbocycles. The van der Waals surface area contributed by atoms with Gasteiger partial charge in [0, 0.05) is 16.3 Å². The number of nitrogens with two attached hydrogens (primary N) is 1. The first-order chi connectivity index (χ1) is 8.72. The Labute approximate surface area is 112 Å². The van der Waals surface area contributed by atoms with Crippen molar-refractivity contribution < 1.29 is 4.74 Å². The zero-order valence-corrected chi connectivity index (χ0v) is 11.5. The van der Waals surface area contributed by atoms with Gasteiger partial charge in [-0.25, -0.2) is 0 Å². The van der Waals surface area contributed by atoms with Crippen LogP contribution in [0, 0.1) is 6.92 Å². The van der Waals surface area contributed by atoms with Crippen LogP contribution in [0.15, 0.2) is 47.4 Å². The second-order valence-corrected chi connectivity index (χ2v) is 5.09. The maximum atomic E-state index is 5.91. The Morgan fingerprint density at radius 1 is 1.11 bits per heavy atom. The first kappa shape index (κ1) is 12.8. The van der Waals surface area contributed by atoms with E-state index in [0.29, 0.717) is 0 Å². The van der Waals surface area contributed by atoms with Gasteiger partial charge in [-0.3, -0.25) is 0 Å². The highest BCUT2D eigenvalue weighted by Gasteiger charge is 2.05. The van der Waals surface area contributed by atoms with Crippen molar-refractivity contribution in [3.63, 3.8) is 0 Å². The summed E-state index contributed by atoms with van der Waals surface area (Å²) in [6.07, 6.45) is 0. The SMILES string of the molecule is COc1ccccc1SCc1cccc(N)c1C. The number of hydrogen-bond acceptors (Lipinski definition) is 3. The highest BCUT2D eigenvalue weighted by atomic mass is 32.2. The van der Waals surface area contributed by atoms with Gasteiger partial charge < -0.3 is 10.5 Å². The van der Waals surface area contributed by atoms with Crippen molar-refractivity contribution in [3.05, 3.63) is 53.6 Å². The van der Waals surface area contributed by atoms with E-state index in [-0.39, 0.29) is 0 Å². The summed E-state index contributed by atoms with van der Waals surface area (Å²) >= 11 is 1.77. The summed E-state index contributed by atoms with van der Waals surface area (Å²) in [5.41, 5.74) is 9.20. The number of benzene rings is 2. The monoisotopic (exact) mass is 259 g/mol. The van der Waals surface area contributed by atoms with E-state index >= 15 is 0 Å². The van der Waals surface area contributed by atoms with Crippen molar-refractivity contribution >= 4 is 17.4 Å². The Morgan fingerprint density at radius 3 is 2.67 bits per heavy atom. The molecule has 0 radical (unpaired) electrons. The number of methoxy groups -OCH3 is 1. The van der Waals surface area contributed by atoms with E-state index < -0.39 is 0 Å². The van der Waals surface area contributed by atoms with Crippen LogP contribution in [0.3, 0.4) is 0 Å². The van der Waals surface area contributed by atoms with Gasteiger partial charge in [-0.15, -0.1) is 11.8 Å². The van der Waals surface area contributed by atoms with E-state index in [1.807, 2.05) is 30.3 Å². The van der Waals surface area contributed by atoms with Crippen LogP contribution < -0.4 is 10.5 Å². The summed E-state index contributed by atoms with van der Waals surface area (Å²) in [6, 6.07) is 14.1. The zero-order chi connectivity index (χ0) is 13.0. The van der Waals surface area contributed by atoms with Gasteiger partial charge >= 0.3 is 0 Å². The number of para-hydroxylation sites is 1. The van der Waals surface area contributed by atoms with E-state index in [4.69, 9.17) is 10.5 Å². The number of thioether (sulfide) groups is 1. The van der Waals surface area contributed by atoms with Crippen LogP contribution in [0.4, 0.5) is 5.69 Å². The number of hydrogen-bond donors (Lipinski definition) is 1. The molecule has 2 nitrogen and oxygen atoms in total. The Balaban J connectivity index is 2.14. The lowest BCUT2D eigenvalue weighted by Crippen LogP contribution is -1.94. The van der Waals surface area contributed by atoms with Crippen LogP contribution in [0.25, 0.3) is 0 Å². The molecule has 0 aromatic heterocycles. The van der Waals surface area contributed by atoms with E-state index in [9.17, 15) is 0 Å². The molecule has 2 aromatic rings. The largest absolute Gasteiger partial charge is 0.496 e. The first-order valence-corrected chi connectivity index (χ1v) is 6.80. The van der Waals surface area contributed by atoms with Gasteiger partial charge in [0.05, 0.1) is 7.11 Å². The predicted octanol–water partition coefficient (Wildman–Crippen LogP) is 3.88. The quantitative estimate of drug-likeness (QED) is 0.668. The Hall–Kier alpha value is -1.61. The fraction of sp³-hybridized carbons (Fsp3) is 0.200. The molecular formula is C15H17NOS. The molecule has 18 heavy (non-hydrogen) atoms. The number of ether oxygens (including phenoxy) is 1. The number of nitrogen functional groups attached to an aromatic ring is 1. The predicted molar refractivity (Wildman–Crippen MR) is 78.1 cm³/mol. The van der Waals surface area contributed by atoms with Gasteiger partial charge in [-0.1, -0.05) is 24.3 Å². The molecule has 0 saturated heterocycles. The normalized spacial score (nSPS) is 10.3. The number of anilines is 1. The van der Waals surface area contributed by atoms with E-state index in [0.717, 1.165) is 22.1 Å². The molecule has 2 rings (SSSR count). The summed E-state index contributed by atoms with van der Waals surface area (Å²) in [5, 5.41) is 0. The fourth-order valence-corrected chi connectivity index (χ4v) is 2.85. The maximum Gasteiger partial charge on any atom is 0.132 e. The second kappa shape index (κ2) is 5.83. The number of rotatable bonds is 4. The molecule has 3 heteroatoms. The molecule has 0 unspecified atom stereocenters. The molecule has 0 saturated carbocycles. The smallest absolute Gasteiger partial charge is 0.132 e. The van der Waals surface area contributed by atoms with E-state index in [1.165, 1.54) is 11.1 Å². The molecule has 0 aliphatic carbocycles. The van der Waals surface area contributed by atoms with Gasteiger partial charge in [0.25, 0.3) is 0 Å². The molecule has 94 valence electrons. The Bertz CT molecular complexity index is 540. The van der Waals surface area contributed by atoms with Crippen molar-refractivity contribution in [1.82, 2.24) is 0 Å². The van der Waals surface area contributed by atoms with Crippen LogP contribution in [-0.2, 0) is 5.75 Å². The standard InChI is InChI=1S/C15H17NOS/c1-11-12(6-5-7-13(11)16)10-18-15-9-4-3-8-14(15)17-2/h3-9H,10,16H2,1-2H3. The lowest BCUT2D eigenvalue weighted by molar-refractivity contribution is 0.405. The first-order valence-electron chi connectivity index (χ1n) is 5.82. The second-order valence-electron chi connectivity index (χ2n) is 4.07. The molecule has 0 amide bonds. The third-order valence-corrected chi connectivity index (χ3v) is 4.04. The van der Waals surface area contributed by atoms with Gasteiger partial charge in [-0.2, -0.15) is 0 Å². The van der Waals surface area contributed by atoms with Crippen LogP contribution >= 0.6 is 11.8 Å². The van der Waals surface area contributed by atoms with Crippen molar-refractivity contribution in [1.29, 1.82) is 0 Å². The molecule has 0 spiro atoms. The summed E-state index contributed by atoms with van der Waals surface area (Å²) in [7, 11) is 1.70. The molecular weight excluding hydrogens is 242 g/mol. The van der Waals surface area contributed by atoms with Gasteiger partial charge in [0.1, 0.15) is 5.75 Å². The molecule has 0 aliphatic heterocycles.